The van der Waals surface area contributed by atoms with E-state index in [1.165, 1.54) is 22.5 Å². The van der Waals surface area contributed by atoms with E-state index in [4.69, 9.17) is 0 Å². The minimum atomic E-state index is -3.58. The maximum absolute atomic E-state index is 13.5. The van der Waals surface area contributed by atoms with Crippen molar-refractivity contribution in [2.45, 2.75) is 56.1 Å². The molecule has 180 valence electrons. The highest BCUT2D eigenvalue weighted by Crippen LogP contribution is 2.24. The second-order valence-electron chi connectivity index (χ2n) is 8.84. The van der Waals surface area contributed by atoms with Crippen molar-refractivity contribution in [2.24, 2.45) is 0 Å². The van der Waals surface area contributed by atoms with Gasteiger partial charge in [-0.15, -0.1) is 0 Å². The molecule has 7 nitrogen and oxygen atoms in total. The molecule has 2 aromatic rings. The van der Waals surface area contributed by atoms with Gasteiger partial charge in [0.15, 0.2) is 0 Å². The van der Waals surface area contributed by atoms with Crippen molar-refractivity contribution in [3.8, 4) is 0 Å². The zero-order valence-corrected chi connectivity index (χ0v) is 20.4. The minimum absolute atomic E-state index is 0.0644. The number of nitrogens with one attached hydrogen (secondary N) is 2. The monoisotopic (exact) mass is 476 g/mol. The van der Waals surface area contributed by atoms with Crippen LogP contribution < -0.4 is 10.9 Å². The molecule has 1 heterocycles. The summed E-state index contributed by atoms with van der Waals surface area (Å²) in [6.07, 6.45) is 2.53. The molecular weight excluding hydrogens is 443 g/mol. The van der Waals surface area contributed by atoms with Gasteiger partial charge in [-0.1, -0.05) is 12.1 Å². The Kier molecular flexibility index (Phi) is 8.23. The van der Waals surface area contributed by atoms with Gasteiger partial charge in [-0.3, -0.25) is 15.6 Å². The summed E-state index contributed by atoms with van der Waals surface area (Å²) in [5.41, 5.74) is 7.85. The second-order valence-corrected chi connectivity index (χ2v) is 10.8. The van der Waals surface area contributed by atoms with E-state index in [0.717, 1.165) is 24.8 Å². The van der Waals surface area contributed by atoms with Gasteiger partial charge in [0.05, 0.1) is 4.90 Å². The molecule has 1 fully saturated rings. The third-order valence-corrected chi connectivity index (χ3v) is 8.18. The highest BCUT2D eigenvalue weighted by atomic mass is 32.2. The van der Waals surface area contributed by atoms with Crippen LogP contribution in [0.3, 0.4) is 0 Å². The Balaban J connectivity index is 1.49. The smallest absolute Gasteiger partial charge is 0.253 e. The molecule has 0 radical (unpaired) electrons. The van der Waals surface area contributed by atoms with E-state index in [1.54, 1.807) is 43.3 Å². The molecule has 0 aliphatic carbocycles. The molecule has 2 unspecified atom stereocenters. The molecular formula is C24H33FN4O3S. The largest absolute Gasteiger partial charge is 0.342 e. The molecule has 1 saturated heterocycles. The predicted octanol–water partition coefficient (Wildman–Crippen LogP) is 3.31. The van der Waals surface area contributed by atoms with Crippen LogP contribution in [0.2, 0.25) is 0 Å². The minimum Gasteiger partial charge on any atom is -0.342 e. The van der Waals surface area contributed by atoms with Gasteiger partial charge in [-0.2, -0.15) is 4.31 Å². The summed E-state index contributed by atoms with van der Waals surface area (Å²) in [5.74, 6) is -0.387. The molecule has 33 heavy (non-hydrogen) atoms. The number of carbonyl (C=O) groups excluding carboxylic acids is 1. The molecule has 1 aliphatic rings. The van der Waals surface area contributed by atoms with E-state index in [1.807, 2.05) is 19.9 Å². The molecule has 0 aromatic heterocycles. The van der Waals surface area contributed by atoms with Gasteiger partial charge in [-0.25, -0.2) is 12.8 Å². The zero-order valence-electron chi connectivity index (χ0n) is 19.6. The molecule has 2 atom stereocenters. The maximum atomic E-state index is 13.5. The highest BCUT2D eigenvalue weighted by molar-refractivity contribution is 7.89. The molecule has 0 saturated carbocycles. The van der Waals surface area contributed by atoms with Crippen molar-refractivity contribution in [2.75, 3.05) is 20.6 Å². The molecule has 3 rings (SSSR count). The lowest BCUT2D eigenvalue weighted by atomic mass is 9.99. The molecule has 0 spiro atoms. The van der Waals surface area contributed by atoms with Crippen LogP contribution in [0.5, 0.6) is 0 Å². The topological polar surface area (TPSA) is 81.8 Å². The van der Waals surface area contributed by atoms with Crippen molar-refractivity contribution in [1.82, 2.24) is 20.1 Å². The first-order valence-corrected chi connectivity index (χ1v) is 12.6. The number of carbonyl (C=O) groups is 1. The number of hydrazine groups is 1. The van der Waals surface area contributed by atoms with Crippen LogP contribution in [-0.4, -0.2) is 56.3 Å². The fourth-order valence-corrected chi connectivity index (χ4v) is 5.23. The Morgan fingerprint density at radius 1 is 1.12 bits per heavy atom. The highest BCUT2D eigenvalue weighted by Gasteiger charge is 2.26. The van der Waals surface area contributed by atoms with Gasteiger partial charge >= 0.3 is 0 Å². The van der Waals surface area contributed by atoms with Crippen molar-refractivity contribution in [3.05, 3.63) is 65.5 Å². The number of nitrogens with zero attached hydrogens (tertiary/aromatic N) is 2. The fourth-order valence-electron chi connectivity index (χ4n) is 3.86. The van der Waals surface area contributed by atoms with E-state index in [0.29, 0.717) is 12.1 Å². The summed E-state index contributed by atoms with van der Waals surface area (Å²) in [5, 5.41) is 0. The molecule has 1 aliphatic heterocycles. The van der Waals surface area contributed by atoms with Gasteiger partial charge in [0, 0.05) is 44.3 Å². The Hall–Kier alpha value is -2.33. The fraction of sp³-hybridized carbons (Fsp3) is 0.458. The van der Waals surface area contributed by atoms with Gasteiger partial charge in [-0.05, 0) is 75.1 Å². The lowest BCUT2D eigenvalue weighted by Crippen LogP contribution is -2.33. The van der Waals surface area contributed by atoms with Gasteiger partial charge < -0.3 is 4.90 Å². The summed E-state index contributed by atoms with van der Waals surface area (Å²) in [6.45, 7) is 4.20. The standard InChI is InChI=1S/C24H33FN4O3S/c1-17(2)29(4)33(31,32)22-12-10-18(11-13-22)24(30)28(3)14-6-9-21-16-23(27-26-21)19-7-5-8-20(25)15-19/h5,7-8,10-13,15,17,21,23,26-27H,6,9,14,16H2,1-4H3. The summed E-state index contributed by atoms with van der Waals surface area (Å²) < 4.78 is 39.9. The average Bonchev–Trinajstić information content (AvgIpc) is 3.27. The van der Waals surface area contributed by atoms with Gasteiger partial charge in [0.25, 0.3) is 5.91 Å². The maximum Gasteiger partial charge on any atom is 0.253 e. The van der Waals surface area contributed by atoms with Crippen LogP contribution in [-0.2, 0) is 10.0 Å². The number of rotatable bonds is 9. The van der Waals surface area contributed by atoms with Crippen LogP contribution in [0.15, 0.2) is 53.4 Å². The van der Waals surface area contributed by atoms with Crippen LogP contribution in [0.1, 0.15) is 55.1 Å². The molecule has 0 bridgehead atoms. The van der Waals surface area contributed by atoms with Crippen LogP contribution in [0, 0.1) is 5.82 Å². The third-order valence-electron chi connectivity index (χ3n) is 6.13. The quantitative estimate of drug-likeness (QED) is 0.580. The molecule has 2 N–H and O–H groups in total. The number of hydrogen-bond donors (Lipinski definition) is 2. The Morgan fingerprint density at radius 2 is 1.82 bits per heavy atom. The van der Waals surface area contributed by atoms with Crippen LogP contribution in [0.25, 0.3) is 0 Å². The van der Waals surface area contributed by atoms with Gasteiger partial charge in [0.1, 0.15) is 5.82 Å². The summed E-state index contributed by atoms with van der Waals surface area (Å²) >= 11 is 0. The predicted molar refractivity (Wildman–Crippen MR) is 127 cm³/mol. The molecule has 2 aromatic carbocycles. The van der Waals surface area contributed by atoms with Crippen LogP contribution in [0.4, 0.5) is 4.39 Å². The van der Waals surface area contributed by atoms with Crippen molar-refractivity contribution in [3.63, 3.8) is 0 Å². The average molecular weight is 477 g/mol. The lowest BCUT2D eigenvalue weighted by molar-refractivity contribution is 0.0791. The van der Waals surface area contributed by atoms with Crippen molar-refractivity contribution in [1.29, 1.82) is 0 Å². The Labute approximate surface area is 196 Å². The van der Waals surface area contributed by atoms with Crippen molar-refractivity contribution >= 4 is 15.9 Å². The molecule has 9 heteroatoms. The zero-order chi connectivity index (χ0) is 24.2. The third kappa shape index (κ3) is 6.17. The van der Waals surface area contributed by atoms with E-state index < -0.39 is 10.0 Å². The Morgan fingerprint density at radius 3 is 2.45 bits per heavy atom. The van der Waals surface area contributed by atoms with E-state index in [-0.39, 0.29) is 34.7 Å². The normalized spacial score (nSPS) is 18.8. The first-order chi connectivity index (χ1) is 15.6. The Bertz CT molecular complexity index is 1060. The first-order valence-electron chi connectivity index (χ1n) is 11.2. The van der Waals surface area contributed by atoms with E-state index in [2.05, 4.69) is 10.9 Å². The van der Waals surface area contributed by atoms with E-state index >= 15 is 0 Å². The number of halogens is 1. The summed E-state index contributed by atoms with van der Waals surface area (Å²) in [4.78, 5) is 14.6. The van der Waals surface area contributed by atoms with E-state index in [9.17, 15) is 17.6 Å². The number of hydrogen-bond acceptors (Lipinski definition) is 5. The van der Waals surface area contributed by atoms with Gasteiger partial charge in [0.2, 0.25) is 10.0 Å². The number of sulfonamides is 1. The lowest BCUT2D eigenvalue weighted by Gasteiger charge is -2.21. The number of amides is 1. The SMILES string of the molecule is CC(C)N(C)S(=O)(=O)c1ccc(C(=O)N(C)CCCC2CC(c3cccc(F)c3)NN2)cc1. The van der Waals surface area contributed by atoms with Crippen molar-refractivity contribution < 1.29 is 17.6 Å². The second kappa shape index (κ2) is 10.7. The summed E-state index contributed by atoms with van der Waals surface area (Å²) in [6, 6.07) is 12.8. The number of benzene rings is 2. The summed E-state index contributed by atoms with van der Waals surface area (Å²) in [7, 11) is -0.288. The molecule has 1 amide bonds. The first kappa shape index (κ1) is 25.3. The van der Waals surface area contributed by atoms with Crippen LogP contribution >= 0.6 is 0 Å².